The third-order valence-electron chi connectivity index (χ3n) is 3.38. The third-order valence-corrected chi connectivity index (χ3v) is 3.38. The predicted octanol–water partition coefficient (Wildman–Crippen LogP) is 1.21. The van der Waals surface area contributed by atoms with E-state index in [1.54, 1.807) is 30.1 Å². The van der Waals surface area contributed by atoms with E-state index < -0.39 is 0 Å². The first kappa shape index (κ1) is 11.9. The van der Waals surface area contributed by atoms with Gasteiger partial charge in [0, 0.05) is 25.3 Å². The molecular formula is C13H18N2O2. The molecule has 1 saturated heterocycles. The molecule has 2 atom stereocenters. The second kappa shape index (κ2) is 4.75. The summed E-state index contributed by atoms with van der Waals surface area (Å²) < 4.78 is 0. The molecular weight excluding hydrogens is 216 g/mol. The van der Waals surface area contributed by atoms with Crippen molar-refractivity contribution < 1.29 is 9.90 Å². The van der Waals surface area contributed by atoms with Crippen LogP contribution in [-0.4, -0.2) is 31.2 Å². The average molecular weight is 234 g/mol. The first-order valence-corrected chi connectivity index (χ1v) is 5.87. The summed E-state index contributed by atoms with van der Waals surface area (Å²) in [6.45, 7) is 3.71. The number of aromatic hydroxyl groups is 1. The molecule has 2 N–H and O–H groups in total. The molecule has 4 nitrogen and oxygen atoms in total. The van der Waals surface area contributed by atoms with Gasteiger partial charge in [0.1, 0.15) is 5.75 Å². The normalized spacial score (nSPS) is 23.6. The van der Waals surface area contributed by atoms with Gasteiger partial charge in [-0.15, -0.1) is 0 Å². The molecule has 0 radical (unpaired) electrons. The number of nitrogens with zero attached hydrogens (tertiary/aromatic N) is 1. The van der Waals surface area contributed by atoms with Crippen LogP contribution in [0.1, 0.15) is 6.92 Å². The Morgan fingerprint density at radius 1 is 1.47 bits per heavy atom. The highest BCUT2D eigenvalue weighted by atomic mass is 16.3. The van der Waals surface area contributed by atoms with Gasteiger partial charge in [0.15, 0.2) is 0 Å². The molecule has 0 spiro atoms. The summed E-state index contributed by atoms with van der Waals surface area (Å²) in [7, 11) is 1.75. The maximum Gasteiger partial charge on any atom is 0.231 e. The van der Waals surface area contributed by atoms with Gasteiger partial charge in [0.2, 0.25) is 5.91 Å². The fourth-order valence-electron chi connectivity index (χ4n) is 2.22. The lowest BCUT2D eigenvalue weighted by Gasteiger charge is -2.23. The van der Waals surface area contributed by atoms with Crippen molar-refractivity contribution in [1.82, 2.24) is 5.32 Å². The van der Waals surface area contributed by atoms with Crippen LogP contribution in [0.4, 0.5) is 5.69 Å². The van der Waals surface area contributed by atoms with Crippen molar-refractivity contribution in [2.24, 2.45) is 11.8 Å². The van der Waals surface area contributed by atoms with Crippen molar-refractivity contribution >= 4 is 11.6 Å². The van der Waals surface area contributed by atoms with Gasteiger partial charge in [0.05, 0.1) is 5.92 Å². The summed E-state index contributed by atoms with van der Waals surface area (Å²) in [5.41, 5.74) is 0.731. The number of benzene rings is 1. The standard InChI is InChI=1S/C13H18N2O2/c1-9-7-14-8-12(9)13(17)15(2)10-4-3-5-11(16)6-10/h3-6,9,12,14,16H,7-8H2,1-2H3. The highest BCUT2D eigenvalue weighted by Gasteiger charge is 2.31. The zero-order valence-corrected chi connectivity index (χ0v) is 10.2. The molecule has 1 aromatic carbocycles. The van der Waals surface area contributed by atoms with Gasteiger partial charge in [-0.1, -0.05) is 13.0 Å². The molecule has 0 aromatic heterocycles. The molecule has 0 saturated carbocycles. The number of anilines is 1. The maximum absolute atomic E-state index is 12.3. The molecule has 1 fully saturated rings. The van der Waals surface area contributed by atoms with Crippen LogP contribution >= 0.6 is 0 Å². The Morgan fingerprint density at radius 2 is 2.24 bits per heavy atom. The molecule has 2 rings (SSSR count). The van der Waals surface area contributed by atoms with E-state index in [2.05, 4.69) is 12.2 Å². The number of phenolic OH excluding ortho intramolecular Hbond substituents is 1. The summed E-state index contributed by atoms with van der Waals surface area (Å²) in [4.78, 5) is 13.9. The second-order valence-corrected chi connectivity index (χ2v) is 4.66. The van der Waals surface area contributed by atoms with Crippen LogP contribution < -0.4 is 10.2 Å². The van der Waals surface area contributed by atoms with Crippen LogP contribution in [0, 0.1) is 11.8 Å². The first-order valence-electron chi connectivity index (χ1n) is 5.87. The minimum absolute atomic E-state index is 0.0300. The van der Waals surface area contributed by atoms with Crippen LogP contribution in [0.5, 0.6) is 5.75 Å². The van der Waals surface area contributed by atoms with Gasteiger partial charge in [-0.05, 0) is 24.6 Å². The summed E-state index contributed by atoms with van der Waals surface area (Å²) in [5.74, 6) is 0.678. The monoisotopic (exact) mass is 234 g/mol. The molecule has 17 heavy (non-hydrogen) atoms. The molecule has 1 heterocycles. The van der Waals surface area contributed by atoms with Gasteiger partial charge < -0.3 is 15.3 Å². The lowest BCUT2D eigenvalue weighted by atomic mass is 9.96. The SMILES string of the molecule is CC1CNCC1C(=O)N(C)c1cccc(O)c1. The maximum atomic E-state index is 12.3. The van der Waals surface area contributed by atoms with Gasteiger partial charge in [-0.25, -0.2) is 0 Å². The quantitative estimate of drug-likeness (QED) is 0.808. The van der Waals surface area contributed by atoms with Crippen LogP contribution in [0.3, 0.4) is 0 Å². The largest absolute Gasteiger partial charge is 0.508 e. The van der Waals surface area contributed by atoms with Crippen molar-refractivity contribution in [1.29, 1.82) is 0 Å². The van der Waals surface area contributed by atoms with Crippen LogP contribution in [0.25, 0.3) is 0 Å². The number of rotatable bonds is 2. The Kier molecular flexibility index (Phi) is 3.33. The van der Waals surface area contributed by atoms with E-state index in [1.807, 2.05) is 6.07 Å². The number of carbonyl (C=O) groups is 1. The van der Waals surface area contributed by atoms with Gasteiger partial charge >= 0.3 is 0 Å². The number of carbonyl (C=O) groups excluding carboxylic acids is 1. The third kappa shape index (κ3) is 2.42. The summed E-state index contributed by atoms with van der Waals surface area (Å²) >= 11 is 0. The molecule has 0 aliphatic carbocycles. The van der Waals surface area contributed by atoms with Crippen molar-refractivity contribution in [2.75, 3.05) is 25.0 Å². The number of hydrogen-bond donors (Lipinski definition) is 2. The Balaban J connectivity index is 2.14. The Morgan fingerprint density at radius 3 is 2.82 bits per heavy atom. The predicted molar refractivity (Wildman–Crippen MR) is 67.0 cm³/mol. The minimum Gasteiger partial charge on any atom is -0.508 e. The zero-order valence-electron chi connectivity index (χ0n) is 10.2. The molecule has 4 heteroatoms. The Hall–Kier alpha value is -1.55. The summed E-state index contributed by atoms with van der Waals surface area (Å²) in [6, 6.07) is 6.77. The van der Waals surface area contributed by atoms with E-state index in [0.29, 0.717) is 5.92 Å². The van der Waals surface area contributed by atoms with Gasteiger partial charge in [0.25, 0.3) is 0 Å². The topological polar surface area (TPSA) is 52.6 Å². The van der Waals surface area contributed by atoms with Crippen molar-refractivity contribution in [3.8, 4) is 5.75 Å². The lowest BCUT2D eigenvalue weighted by molar-refractivity contribution is -0.122. The van der Waals surface area contributed by atoms with E-state index in [-0.39, 0.29) is 17.6 Å². The number of amides is 1. The highest BCUT2D eigenvalue weighted by Crippen LogP contribution is 2.24. The fourth-order valence-corrected chi connectivity index (χ4v) is 2.22. The van der Waals surface area contributed by atoms with Crippen LogP contribution in [-0.2, 0) is 4.79 Å². The average Bonchev–Trinajstić information content (AvgIpc) is 2.73. The van der Waals surface area contributed by atoms with E-state index in [9.17, 15) is 9.90 Å². The highest BCUT2D eigenvalue weighted by molar-refractivity contribution is 5.95. The number of nitrogens with one attached hydrogen (secondary N) is 1. The van der Waals surface area contributed by atoms with E-state index in [1.165, 1.54) is 0 Å². The van der Waals surface area contributed by atoms with E-state index in [4.69, 9.17) is 0 Å². The minimum atomic E-state index is 0.0300. The molecule has 1 aliphatic rings. The summed E-state index contributed by atoms with van der Waals surface area (Å²) in [6.07, 6.45) is 0. The van der Waals surface area contributed by atoms with E-state index >= 15 is 0 Å². The van der Waals surface area contributed by atoms with Crippen molar-refractivity contribution in [3.05, 3.63) is 24.3 Å². The van der Waals surface area contributed by atoms with Crippen molar-refractivity contribution in [3.63, 3.8) is 0 Å². The van der Waals surface area contributed by atoms with Gasteiger partial charge in [-0.3, -0.25) is 4.79 Å². The molecule has 0 bridgehead atoms. The Labute approximate surface area is 101 Å². The fraction of sp³-hybridized carbons (Fsp3) is 0.462. The molecule has 2 unspecified atom stereocenters. The smallest absolute Gasteiger partial charge is 0.231 e. The lowest BCUT2D eigenvalue weighted by Crippen LogP contribution is -2.36. The van der Waals surface area contributed by atoms with Crippen molar-refractivity contribution in [2.45, 2.75) is 6.92 Å². The molecule has 92 valence electrons. The first-order chi connectivity index (χ1) is 8.09. The molecule has 1 aromatic rings. The molecule has 1 aliphatic heterocycles. The zero-order chi connectivity index (χ0) is 12.4. The van der Waals surface area contributed by atoms with Crippen LogP contribution in [0.15, 0.2) is 24.3 Å². The second-order valence-electron chi connectivity index (χ2n) is 4.66. The Bertz CT molecular complexity index is 420. The molecule has 1 amide bonds. The summed E-state index contributed by atoms with van der Waals surface area (Å²) in [5, 5.41) is 12.6. The van der Waals surface area contributed by atoms with E-state index in [0.717, 1.165) is 18.8 Å². The van der Waals surface area contributed by atoms with Crippen LogP contribution in [0.2, 0.25) is 0 Å². The van der Waals surface area contributed by atoms with Gasteiger partial charge in [-0.2, -0.15) is 0 Å². The number of phenols is 1. The number of hydrogen-bond acceptors (Lipinski definition) is 3.